The van der Waals surface area contributed by atoms with Crippen molar-refractivity contribution in [2.45, 2.75) is 24.3 Å². The van der Waals surface area contributed by atoms with E-state index in [9.17, 15) is 0 Å². The van der Waals surface area contributed by atoms with Gasteiger partial charge < -0.3 is 5.32 Å². The summed E-state index contributed by atoms with van der Waals surface area (Å²) in [5.74, 6) is 1.12. The number of rotatable bonds is 2. The SMILES string of the molecule is Cc1ccc(NC2CCSc3ccc(Cl)cc32)cc1Cl. The van der Waals surface area contributed by atoms with Gasteiger partial charge in [0, 0.05) is 26.4 Å². The Bertz CT molecular complexity index is 642. The fourth-order valence-corrected chi connectivity index (χ4v) is 3.87. The molecule has 2 aromatic carbocycles. The molecular weight excluding hydrogens is 309 g/mol. The van der Waals surface area contributed by atoms with Gasteiger partial charge in [-0.15, -0.1) is 11.8 Å². The van der Waals surface area contributed by atoms with Crippen molar-refractivity contribution in [1.29, 1.82) is 0 Å². The third-order valence-electron chi connectivity index (χ3n) is 3.52. The van der Waals surface area contributed by atoms with Crippen LogP contribution in [0.2, 0.25) is 10.0 Å². The van der Waals surface area contributed by atoms with E-state index in [-0.39, 0.29) is 0 Å². The number of halogens is 2. The van der Waals surface area contributed by atoms with Crippen molar-refractivity contribution in [2.24, 2.45) is 0 Å². The van der Waals surface area contributed by atoms with Gasteiger partial charge in [0.1, 0.15) is 0 Å². The highest BCUT2D eigenvalue weighted by Gasteiger charge is 2.21. The number of hydrogen-bond donors (Lipinski definition) is 1. The molecule has 1 unspecified atom stereocenters. The number of nitrogens with one attached hydrogen (secondary N) is 1. The minimum Gasteiger partial charge on any atom is -0.378 e. The predicted molar refractivity (Wildman–Crippen MR) is 89.3 cm³/mol. The van der Waals surface area contributed by atoms with E-state index in [1.807, 2.05) is 36.9 Å². The van der Waals surface area contributed by atoms with Crippen molar-refractivity contribution >= 4 is 40.7 Å². The topological polar surface area (TPSA) is 12.0 Å². The zero-order chi connectivity index (χ0) is 14.1. The van der Waals surface area contributed by atoms with Gasteiger partial charge in [-0.3, -0.25) is 0 Å². The van der Waals surface area contributed by atoms with Crippen LogP contribution in [0.4, 0.5) is 5.69 Å². The van der Waals surface area contributed by atoms with Crippen LogP contribution in [-0.2, 0) is 0 Å². The average molecular weight is 324 g/mol. The Morgan fingerprint density at radius 2 is 2.00 bits per heavy atom. The lowest BCUT2D eigenvalue weighted by molar-refractivity contribution is 0.728. The van der Waals surface area contributed by atoms with Gasteiger partial charge in [0.15, 0.2) is 0 Å². The fourth-order valence-electron chi connectivity index (χ4n) is 2.40. The first-order chi connectivity index (χ1) is 9.63. The van der Waals surface area contributed by atoms with Crippen LogP contribution in [0.25, 0.3) is 0 Å². The van der Waals surface area contributed by atoms with E-state index in [0.717, 1.165) is 33.5 Å². The molecule has 3 rings (SSSR count). The summed E-state index contributed by atoms with van der Waals surface area (Å²) in [7, 11) is 0. The first kappa shape index (κ1) is 14.1. The van der Waals surface area contributed by atoms with Gasteiger partial charge in [0.25, 0.3) is 0 Å². The lowest BCUT2D eigenvalue weighted by Gasteiger charge is -2.27. The zero-order valence-corrected chi connectivity index (χ0v) is 13.4. The second kappa shape index (κ2) is 5.88. The second-order valence-corrected chi connectivity index (χ2v) is 6.96. The molecule has 0 saturated heterocycles. The second-order valence-electron chi connectivity index (χ2n) is 4.98. The molecule has 0 saturated carbocycles. The van der Waals surface area contributed by atoms with Crippen LogP contribution in [-0.4, -0.2) is 5.75 Å². The minimum absolute atomic E-state index is 0.295. The molecule has 20 heavy (non-hydrogen) atoms. The first-order valence-corrected chi connectivity index (χ1v) is 8.32. The number of anilines is 1. The van der Waals surface area contributed by atoms with Crippen LogP contribution >= 0.6 is 35.0 Å². The number of benzene rings is 2. The van der Waals surface area contributed by atoms with E-state index in [1.165, 1.54) is 10.5 Å². The van der Waals surface area contributed by atoms with E-state index in [2.05, 4.69) is 23.5 Å². The summed E-state index contributed by atoms with van der Waals surface area (Å²) in [6.45, 7) is 2.01. The van der Waals surface area contributed by atoms with Crippen molar-refractivity contribution in [3.63, 3.8) is 0 Å². The molecule has 1 heterocycles. The average Bonchev–Trinajstić information content (AvgIpc) is 2.44. The Balaban J connectivity index is 1.89. The Kier molecular flexibility index (Phi) is 4.16. The maximum atomic E-state index is 6.19. The van der Waals surface area contributed by atoms with Crippen molar-refractivity contribution in [3.05, 3.63) is 57.6 Å². The molecule has 1 N–H and O–H groups in total. The summed E-state index contributed by atoms with van der Waals surface area (Å²) < 4.78 is 0. The molecule has 0 aliphatic carbocycles. The molecule has 0 amide bonds. The van der Waals surface area contributed by atoms with Crippen molar-refractivity contribution in [1.82, 2.24) is 0 Å². The smallest absolute Gasteiger partial charge is 0.0533 e. The van der Waals surface area contributed by atoms with Crippen LogP contribution in [0.3, 0.4) is 0 Å². The number of aryl methyl sites for hydroxylation is 1. The zero-order valence-electron chi connectivity index (χ0n) is 11.1. The first-order valence-electron chi connectivity index (χ1n) is 6.58. The van der Waals surface area contributed by atoms with Crippen molar-refractivity contribution < 1.29 is 0 Å². The molecule has 104 valence electrons. The van der Waals surface area contributed by atoms with Gasteiger partial charge in [-0.25, -0.2) is 0 Å². The summed E-state index contributed by atoms with van der Waals surface area (Å²) >= 11 is 14.2. The van der Waals surface area contributed by atoms with Gasteiger partial charge in [0.2, 0.25) is 0 Å². The number of hydrogen-bond acceptors (Lipinski definition) is 2. The third kappa shape index (κ3) is 2.93. The molecule has 2 aromatic rings. The molecule has 1 atom stereocenters. The summed E-state index contributed by atoms with van der Waals surface area (Å²) in [4.78, 5) is 1.32. The highest BCUT2D eigenvalue weighted by atomic mass is 35.5. The maximum absolute atomic E-state index is 6.19. The minimum atomic E-state index is 0.295. The molecule has 0 radical (unpaired) electrons. The highest BCUT2D eigenvalue weighted by molar-refractivity contribution is 7.99. The molecule has 1 aliphatic rings. The van der Waals surface area contributed by atoms with Gasteiger partial charge in [-0.1, -0.05) is 29.3 Å². The predicted octanol–water partition coefficient (Wildman–Crippen LogP) is 5.95. The number of thioether (sulfide) groups is 1. The van der Waals surface area contributed by atoms with Crippen LogP contribution in [0, 0.1) is 6.92 Å². The Morgan fingerprint density at radius 3 is 2.80 bits per heavy atom. The molecule has 0 bridgehead atoms. The summed E-state index contributed by atoms with van der Waals surface area (Å²) in [6, 6.07) is 12.5. The van der Waals surface area contributed by atoms with Gasteiger partial charge >= 0.3 is 0 Å². The van der Waals surface area contributed by atoms with E-state index in [4.69, 9.17) is 23.2 Å². The fraction of sp³-hybridized carbons (Fsp3) is 0.250. The Morgan fingerprint density at radius 1 is 1.15 bits per heavy atom. The van der Waals surface area contributed by atoms with Crippen molar-refractivity contribution in [3.8, 4) is 0 Å². The van der Waals surface area contributed by atoms with E-state index in [0.29, 0.717) is 6.04 Å². The monoisotopic (exact) mass is 323 g/mol. The Labute approximate surface area is 133 Å². The lowest BCUT2D eigenvalue weighted by atomic mass is 10.0. The van der Waals surface area contributed by atoms with Gasteiger partial charge in [-0.2, -0.15) is 0 Å². The largest absolute Gasteiger partial charge is 0.378 e. The highest BCUT2D eigenvalue weighted by Crippen LogP contribution is 2.39. The molecule has 0 fully saturated rings. The molecule has 1 aliphatic heterocycles. The summed E-state index contributed by atoms with van der Waals surface area (Å²) in [6.07, 6.45) is 1.09. The third-order valence-corrected chi connectivity index (χ3v) is 5.29. The molecule has 0 aromatic heterocycles. The molecule has 0 spiro atoms. The molecule has 1 nitrogen and oxygen atoms in total. The summed E-state index contributed by atoms with van der Waals surface area (Å²) in [5, 5.41) is 5.17. The summed E-state index contributed by atoms with van der Waals surface area (Å²) in [5.41, 5.74) is 3.44. The Hall–Kier alpha value is -0.830. The van der Waals surface area contributed by atoms with Crippen LogP contribution < -0.4 is 5.32 Å². The van der Waals surface area contributed by atoms with Crippen LogP contribution in [0.5, 0.6) is 0 Å². The van der Waals surface area contributed by atoms with Gasteiger partial charge in [0.05, 0.1) is 6.04 Å². The standard InChI is InChI=1S/C16H15Cl2NS/c1-10-2-4-12(9-14(10)18)19-15-6-7-20-16-5-3-11(17)8-13(15)16/h2-5,8-9,15,19H,6-7H2,1H3. The quantitative estimate of drug-likeness (QED) is 0.732. The lowest BCUT2D eigenvalue weighted by Crippen LogP contribution is -2.16. The maximum Gasteiger partial charge on any atom is 0.0533 e. The van der Waals surface area contributed by atoms with E-state index >= 15 is 0 Å². The molecular formula is C16H15Cl2NS. The van der Waals surface area contributed by atoms with Crippen molar-refractivity contribution in [2.75, 3.05) is 11.1 Å². The van der Waals surface area contributed by atoms with E-state index in [1.54, 1.807) is 0 Å². The number of fused-ring (bicyclic) bond motifs is 1. The van der Waals surface area contributed by atoms with Gasteiger partial charge in [-0.05, 0) is 54.8 Å². The normalized spacial score (nSPS) is 17.6. The molecule has 4 heteroatoms. The van der Waals surface area contributed by atoms with E-state index < -0.39 is 0 Å². The van der Waals surface area contributed by atoms with Crippen LogP contribution in [0.15, 0.2) is 41.3 Å². The van der Waals surface area contributed by atoms with Crippen LogP contribution in [0.1, 0.15) is 23.6 Å².